The molecular formula is C13H11ClN2OS. The zero-order chi connectivity index (χ0) is 12.8. The van der Waals surface area contributed by atoms with E-state index in [0.717, 1.165) is 16.3 Å². The number of benzene rings is 2. The first-order chi connectivity index (χ1) is 8.79. The van der Waals surface area contributed by atoms with Crippen LogP contribution < -0.4 is 10.0 Å². The van der Waals surface area contributed by atoms with Gasteiger partial charge in [-0.1, -0.05) is 29.8 Å². The number of carbonyl (C=O) groups is 1. The lowest BCUT2D eigenvalue weighted by molar-refractivity contribution is -0.105. The first-order valence-electron chi connectivity index (χ1n) is 5.27. The summed E-state index contributed by atoms with van der Waals surface area (Å²) in [5.41, 5.74) is 1.62. The lowest BCUT2D eigenvalue weighted by atomic mass is 10.3. The van der Waals surface area contributed by atoms with Crippen molar-refractivity contribution in [2.24, 2.45) is 0 Å². The highest BCUT2D eigenvalue weighted by molar-refractivity contribution is 8.00. The van der Waals surface area contributed by atoms with Crippen LogP contribution in [0, 0.1) is 0 Å². The third kappa shape index (κ3) is 3.42. The molecule has 0 aliphatic carbocycles. The predicted molar refractivity (Wildman–Crippen MR) is 77.1 cm³/mol. The molecule has 0 bridgehead atoms. The molecule has 0 atom stereocenters. The number of halogens is 1. The van der Waals surface area contributed by atoms with E-state index in [4.69, 9.17) is 11.6 Å². The van der Waals surface area contributed by atoms with Crippen LogP contribution in [-0.4, -0.2) is 6.41 Å². The molecule has 0 saturated carbocycles. The Balaban J connectivity index is 2.04. The summed E-state index contributed by atoms with van der Waals surface area (Å²) >= 11 is 7.47. The molecule has 2 N–H and O–H groups in total. The molecule has 3 nitrogen and oxygen atoms in total. The highest BCUT2D eigenvalue weighted by Crippen LogP contribution is 2.27. The van der Waals surface area contributed by atoms with E-state index in [1.54, 1.807) is 0 Å². The molecule has 0 aromatic heterocycles. The molecule has 2 aromatic rings. The van der Waals surface area contributed by atoms with E-state index >= 15 is 0 Å². The van der Waals surface area contributed by atoms with Gasteiger partial charge in [0.05, 0.1) is 10.7 Å². The second kappa shape index (κ2) is 6.33. The Hall–Kier alpha value is -1.65. The van der Waals surface area contributed by atoms with Crippen LogP contribution in [0.1, 0.15) is 0 Å². The van der Waals surface area contributed by atoms with Crippen LogP contribution in [-0.2, 0) is 4.79 Å². The summed E-state index contributed by atoms with van der Waals surface area (Å²) in [5.74, 6) is 0. The Morgan fingerprint density at radius 2 is 1.94 bits per heavy atom. The summed E-state index contributed by atoms with van der Waals surface area (Å²) in [6, 6.07) is 15.1. The van der Waals surface area contributed by atoms with E-state index in [-0.39, 0.29) is 0 Å². The van der Waals surface area contributed by atoms with Crippen LogP contribution in [0.2, 0.25) is 5.02 Å². The Kier molecular flexibility index (Phi) is 4.50. The Morgan fingerprint density at radius 3 is 2.72 bits per heavy atom. The summed E-state index contributed by atoms with van der Waals surface area (Å²) in [4.78, 5) is 11.3. The molecular weight excluding hydrogens is 268 g/mol. The predicted octanol–water partition coefficient (Wildman–Crippen LogP) is 4.03. The van der Waals surface area contributed by atoms with Gasteiger partial charge in [-0.2, -0.15) is 0 Å². The summed E-state index contributed by atoms with van der Waals surface area (Å²) in [5, 5.41) is 3.28. The van der Waals surface area contributed by atoms with Gasteiger partial charge >= 0.3 is 0 Å². The van der Waals surface area contributed by atoms with Crippen LogP contribution in [0.4, 0.5) is 11.4 Å². The molecule has 0 aliphatic rings. The summed E-state index contributed by atoms with van der Waals surface area (Å²) in [6.07, 6.45) is 0.658. The lowest BCUT2D eigenvalue weighted by Gasteiger charge is -2.08. The fourth-order valence-corrected chi connectivity index (χ4v) is 2.35. The quantitative estimate of drug-likeness (QED) is 0.641. The Bertz CT molecular complexity index is 548. The van der Waals surface area contributed by atoms with Crippen LogP contribution >= 0.6 is 23.5 Å². The van der Waals surface area contributed by atoms with Crippen molar-refractivity contribution < 1.29 is 4.79 Å². The fourth-order valence-electron chi connectivity index (χ4n) is 1.38. The van der Waals surface area contributed by atoms with E-state index in [2.05, 4.69) is 10.0 Å². The summed E-state index contributed by atoms with van der Waals surface area (Å²) in [7, 11) is 0. The van der Waals surface area contributed by atoms with Crippen molar-refractivity contribution in [3.05, 3.63) is 53.6 Å². The SMILES string of the molecule is O=CNc1cccc(SNc2ccccc2Cl)c1. The monoisotopic (exact) mass is 278 g/mol. The minimum absolute atomic E-state index is 0.658. The smallest absolute Gasteiger partial charge is 0.211 e. The van der Waals surface area contributed by atoms with Gasteiger partial charge in [0.25, 0.3) is 0 Å². The van der Waals surface area contributed by atoms with Gasteiger partial charge in [-0.05, 0) is 42.3 Å². The molecule has 0 aliphatic heterocycles. The number of carbonyl (C=O) groups excluding carboxylic acids is 1. The van der Waals surface area contributed by atoms with Crippen molar-refractivity contribution in [2.75, 3.05) is 10.0 Å². The molecule has 18 heavy (non-hydrogen) atoms. The average Bonchev–Trinajstić information content (AvgIpc) is 2.39. The van der Waals surface area contributed by atoms with Gasteiger partial charge in [-0.15, -0.1) is 0 Å². The van der Waals surface area contributed by atoms with Crippen molar-refractivity contribution in [3.8, 4) is 0 Å². The van der Waals surface area contributed by atoms with Gasteiger partial charge < -0.3 is 10.0 Å². The fraction of sp³-hybridized carbons (Fsp3) is 0. The standard InChI is InChI=1S/C13H11ClN2OS/c14-12-6-1-2-7-13(12)16-18-11-5-3-4-10(8-11)15-9-17/h1-9,16H,(H,15,17). The maximum absolute atomic E-state index is 10.4. The molecule has 92 valence electrons. The van der Waals surface area contributed by atoms with E-state index < -0.39 is 0 Å². The van der Waals surface area contributed by atoms with E-state index in [1.165, 1.54) is 11.9 Å². The van der Waals surface area contributed by atoms with Crippen molar-refractivity contribution in [2.45, 2.75) is 4.90 Å². The number of anilines is 2. The molecule has 5 heteroatoms. The normalized spacial score (nSPS) is 9.83. The Morgan fingerprint density at radius 1 is 1.11 bits per heavy atom. The maximum Gasteiger partial charge on any atom is 0.211 e. The van der Waals surface area contributed by atoms with Gasteiger partial charge in [0.2, 0.25) is 6.41 Å². The molecule has 0 fully saturated rings. The van der Waals surface area contributed by atoms with Crippen molar-refractivity contribution >= 4 is 41.3 Å². The zero-order valence-electron chi connectivity index (χ0n) is 9.39. The van der Waals surface area contributed by atoms with Crippen LogP contribution in [0.15, 0.2) is 53.4 Å². The number of hydrogen-bond donors (Lipinski definition) is 2. The van der Waals surface area contributed by atoms with Crippen molar-refractivity contribution in [1.82, 2.24) is 0 Å². The van der Waals surface area contributed by atoms with E-state index in [9.17, 15) is 4.79 Å². The number of rotatable bonds is 5. The Labute approximate surface area is 115 Å². The minimum atomic E-state index is 0.658. The number of para-hydroxylation sites is 1. The lowest BCUT2D eigenvalue weighted by Crippen LogP contribution is -1.93. The maximum atomic E-state index is 10.4. The van der Waals surface area contributed by atoms with Gasteiger partial charge in [-0.25, -0.2) is 0 Å². The molecule has 0 radical (unpaired) electrons. The molecule has 0 unspecified atom stereocenters. The topological polar surface area (TPSA) is 41.1 Å². The molecule has 0 heterocycles. The van der Waals surface area contributed by atoms with Gasteiger partial charge in [0, 0.05) is 10.6 Å². The minimum Gasteiger partial charge on any atom is -0.329 e. The second-order valence-corrected chi connectivity index (χ2v) is 4.76. The van der Waals surface area contributed by atoms with Crippen LogP contribution in [0.25, 0.3) is 0 Å². The number of nitrogens with one attached hydrogen (secondary N) is 2. The number of amides is 1. The van der Waals surface area contributed by atoms with Gasteiger partial charge in [0.1, 0.15) is 0 Å². The largest absolute Gasteiger partial charge is 0.329 e. The zero-order valence-corrected chi connectivity index (χ0v) is 11.0. The second-order valence-electron chi connectivity index (χ2n) is 3.47. The number of hydrogen-bond acceptors (Lipinski definition) is 3. The molecule has 0 saturated heterocycles. The van der Waals surface area contributed by atoms with Crippen molar-refractivity contribution in [1.29, 1.82) is 0 Å². The highest BCUT2D eigenvalue weighted by Gasteiger charge is 2.00. The van der Waals surface area contributed by atoms with Crippen LogP contribution in [0.3, 0.4) is 0 Å². The van der Waals surface area contributed by atoms with Crippen molar-refractivity contribution in [3.63, 3.8) is 0 Å². The molecule has 0 spiro atoms. The van der Waals surface area contributed by atoms with Gasteiger partial charge in [0.15, 0.2) is 0 Å². The van der Waals surface area contributed by atoms with E-state index in [1.807, 2.05) is 48.5 Å². The van der Waals surface area contributed by atoms with Gasteiger partial charge in [-0.3, -0.25) is 4.79 Å². The summed E-state index contributed by atoms with van der Waals surface area (Å²) < 4.78 is 3.17. The third-order valence-corrected chi connectivity index (χ3v) is 3.35. The van der Waals surface area contributed by atoms with Crippen LogP contribution in [0.5, 0.6) is 0 Å². The highest BCUT2D eigenvalue weighted by atomic mass is 35.5. The molecule has 1 amide bonds. The summed E-state index contributed by atoms with van der Waals surface area (Å²) in [6.45, 7) is 0. The average molecular weight is 279 g/mol. The third-order valence-electron chi connectivity index (χ3n) is 2.21. The first kappa shape index (κ1) is 12.8. The molecule has 2 aromatic carbocycles. The first-order valence-corrected chi connectivity index (χ1v) is 6.46. The van der Waals surface area contributed by atoms with E-state index in [0.29, 0.717) is 11.4 Å². The molecule has 2 rings (SSSR count).